The smallest absolute Gasteiger partial charge is 0.245 e. The second-order valence-electron chi connectivity index (χ2n) is 10.3. The van der Waals surface area contributed by atoms with Gasteiger partial charge in [-0.25, -0.2) is 4.39 Å². The zero-order valence-electron chi connectivity index (χ0n) is 23.0. The van der Waals surface area contributed by atoms with Crippen LogP contribution in [0.25, 0.3) is 22.0 Å². The molecule has 4 N–H and O–H groups in total. The summed E-state index contributed by atoms with van der Waals surface area (Å²) in [5, 5.41) is 18.4. The minimum atomic E-state index is -1.08. The minimum absolute atomic E-state index is 0.0198. The van der Waals surface area contributed by atoms with Crippen LogP contribution in [-0.4, -0.2) is 59.2 Å². The third-order valence-corrected chi connectivity index (χ3v) is 7.70. The van der Waals surface area contributed by atoms with Crippen molar-refractivity contribution in [1.29, 1.82) is 0 Å². The van der Waals surface area contributed by atoms with Crippen LogP contribution < -0.4 is 21.3 Å². The van der Waals surface area contributed by atoms with Crippen LogP contribution in [0.4, 0.5) is 4.39 Å². The average Bonchev–Trinajstić information content (AvgIpc) is 3.45. The highest BCUT2D eigenvalue weighted by Crippen LogP contribution is 2.23. The fourth-order valence-electron chi connectivity index (χ4n) is 5.20. The molecule has 2 heterocycles. The lowest BCUT2D eigenvalue weighted by atomic mass is 9.87. The van der Waals surface area contributed by atoms with Crippen molar-refractivity contribution in [3.8, 4) is 11.3 Å². The van der Waals surface area contributed by atoms with E-state index in [1.54, 1.807) is 18.3 Å². The first-order chi connectivity index (χ1) is 20.3. The van der Waals surface area contributed by atoms with E-state index in [1.165, 1.54) is 16.8 Å². The maximum Gasteiger partial charge on any atom is 0.245 e. The molecular weight excluding hydrogens is 559 g/mol. The highest BCUT2D eigenvalue weighted by molar-refractivity contribution is 6.30. The van der Waals surface area contributed by atoms with Gasteiger partial charge in [-0.15, -0.1) is 0 Å². The van der Waals surface area contributed by atoms with Gasteiger partial charge in [0.2, 0.25) is 17.7 Å². The van der Waals surface area contributed by atoms with Crippen molar-refractivity contribution in [1.82, 2.24) is 31.0 Å². The predicted molar refractivity (Wildman–Crippen MR) is 159 cm³/mol. The summed E-state index contributed by atoms with van der Waals surface area (Å²) in [5.74, 6) is -1.35. The first-order valence-corrected chi connectivity index (χ1v) is 14.2. The van der Waals surface area contributed by atoms with Crippen LogP contribution >= 0.6 is 11.6 Å². The van der Waals surface area contributed by atoms with E-state index < -0.39 is 11.4 Å². The van der Waals surface area contributed by atoms with Crippen molar-refractivity contribution in [2.24, 2.45) is 0 Å². The highest BCUT2D eigenvalue weighted by Gasteiger charge is 2.40. The summed E-state index contributed by atoms with van der Waals surface area (Å²) in [7, 11) is 0. The van der Waals surface area contributed by atoms with Gasteiger partial charge in [0, 0.05) is 24.8 Å². The summed E-state index contributed by atoms with van der Waals surface area (Å²) in [5.41, 5.74) is 0.894. The number of rotatable bonds is 10. The van der Waals surface area contributed by atoms with E-state index in [4.69, 9.17) is 11.6 Å². The molecule has 218 valence electrons. The summed E-state index contributed by atoms with van der Waals surface area (Å²) in [6.07, 6.45) is 2.71. The topological polar surface area (TPSA) is 117 Å². The number of hydrogen-bond donors (Lipinski definition) is 4. The summed E-state index contributed by atoms with van der Waals surface area (Å²) in [6, 6.07) is 19.9. The number of piperidine rings is 1. The van der Waals surface area contributed by atoms with Crippen molar-refractivity contribution in [3.63, 3.8) is 0 Å². The Balaban J connectivity index is 1.13. The Kier molecular flexibility index (Phi) is 9.14. The SMILES string of the molecule is O=C(Cc1cccc2ccccc12)NCCNC(=O)C1(NC(=O)Cn2ccc(-c3ccc(Cl)c(F)c3)n2)CCNCC1. The number of halogens is 2. The van der Waals surface area contributed by atoms with Gasteiger partial charge in [0.1, 0.15) is 17.9 Å². The van der Waals surface area contributed by atoms with E-state index in [1.807, 2.05) is 42.5 Å². The van der Waals surface area contributed by atoms with Gasteiger partial charge in [0.15, 0.2) is 0 Å². The molecule has 0 aliphatic carbocycles. The molecule has 42 heavy (non-hydrogen) atoms. The number of hydrogen-bond acceptors (Lipinski definition) is 5. The van der Waals surface area contributed by atoms with Gasteiger partial charge in [-0.3, -0.25) is 19.1 Å². The van der Waals surface area contributed by atoms with E-state index in [2.05, 4.69) is 26.4 Å². The van der Waals surface area contributed by atoms with Gasteiger partial charge in [0.25, 0.3) is 0 Å². The van der Waals surface area contributed by atoms with Crippen molar-refractivity contribution >= 4 is 40.1 Å². The van der Waals surface area contributed by atoms with Gasteiger partial charge in [0.05, 0.1) is 17.1 Å². The molecule has 3 amide bonds. The zero-order chi connectivity index (χ0) is 29.5. The molecule has 3 aromatic carbocycles. The Hall–Kier alpha value is -4.28. The van der Waals surface area contributed by atoms with Gasteiger partial charge >= 0.3 is 0 Å². The highest BCUT2D eigenvalue weighted by atomic mass is 35.5. The summed E-state index contributed by atoms with van der Waals surface area (Å²) < 4.78 is 15.3. The van der Waals surface area contributed by atoms with E-state index >= 15 is 0 Å². The maximum atomic E-state index is 13.9. The Morgan fingerprint density at radius 2 is 1.71 bits per heavy atom. The monoisotopic (exact) mass is 590 g/mol. The minimum Gasteiger partial charge on any atom is -0.354 e. The Morgan fingerprint density at radius 3 is 2.52 bits per heavy atom. The molecular formula is C31H32ClFN6O3. The number of aromatic nitrogens is 2. The molecule has 5 rings (SSSR count). The third kappa shape index (κ3) is 6.95. The van der Waals surface area contributed by atoms with Gasteiger partial charge < -0.3 is 21.3 Å². The maximum absolute atomic E-state index is 13.9. The molecule has 0 radical (unpaired) electrons. The van der Waals surface area contributed by atoms with Crippen LogP contribution in [0.15, 0.2) is 72.9 Å². The van der Waals surface area contributed by atoms with Crippen LogP contribution in [-0.2, 0) is 27.3 Å². The molecule has 0 unspecified atom stereocenters. The largest absolute Gasteiger partial charge is 0.354 e. The van der Waals surface area contributed by atoms with Crippen LogP contribution in [0.1, 0.15) is 18.4 Å². The summed E-state index contributed by atoms with van der Waals surface area (Å²) in [6.45, 7) is 1.53. The number of benzene rings is 3. The quantitative estimate of drug-likeness (QED) is 0.212. The van der Waals surface area contributed by atoms with Crippen LogP contribution in [0.3, 0.4) is 0 Å². The van der Waals surface area contributed by atoms with E-state index in [-0.39, 0.29) is 48.8 Å². The molecule has 0 spiro atoms. The molecule has 0 atom stereocenters. The molecule has 1 aliphatic rings. The number of amides is 3. The second-order valence-corrected chi connectivity index (χ2v) is 10.7. The predicted octanol–water partition coefficient (Wildman–Crippen LogP) is 3.21. The van der Waals surface area contributed by atoms with Crippen molar-refractivity contribution in [2.75, 3.05) is 26.2 Å². The first kappa shape index (κ1) is 29.2. The number of nitrogens with one attached hydrogen (secondary N) is 4. The second kappa shape index (κ2) is 13.1. The van der Waals surface area contributed by atoms with Gasteiger partial charge in [-0.2, -0.15) is 5.10 Å². The first-order valence-electron chi connectivity index (χ1n) is 13.9. The Labute approximate surface area is 247 Å². The van der Waals surface area contributed by atoms with E-state index in [0.717, 1.165) is 16.3 Å². The lowest BCUT2D eigenvalue weighted by Gasteiger charge is -2.37. The Bertz CT molecular complexity index is 1600. The molecule has 1 saturated heterocycles. The summed E-state index contributed by atoms with van der Waals surface area (Å²) >= 11 is 5.77. The zero-order valence-corrected chi connectivity index (χ0v) is 23.7. The Morgan fingerprint density at radius 1 is 0.952 bits per heavy atom. The van der Waals surface area contributed by atoms with E-state index in [9.17, 15) is 18.8 Å². The molecule has 0 saturated carbocycles. The number of carbonyl (C=O) groups excluding carboxylic acids is 3. The third-order valence-electron chi connectivity index (χ3n) is 7.40. The van der Waals surface area contributed by atoms with Crippen molar-refractivity contribution < 1.29 is 18.8 Å². The number of nitrogens with zero attached hydrogens (tertiary/aromatic N) is 2. The lowest BCUT2D eigenvalue weighted by molar-refractivity contribution is -0.135. The average molecular weight is 591 g/mol. The summed E-state index contributed by atoms with van der Waals surface area (Å²) in [4.78, 5) is 38.9. The lowest BCUT2D eigenvalue weighted by Crippen LogP contribution is -2.63. The van der Waals surface area contributed by atoms with Crippen LogP contribution in [0, 0.1) is 5.82 Å². The van der Waals surface area contributed by atoms with Crippen LogP contribution in [0.2, 0.25) is 5.02 Å². The van der Waals surface area contributed by atoms with Gasteiger partial charge in [-0.05, 0) is 60.5 Å². The molecule has 1 fully saturated rings. The van der Waals surface area contributed by atoms with Crippen molar-refractivity contribution in [2.45, 2.75) is 31.3 Å². The number of carbonyl (C=O) groups is 3. The molecule has 0 bridgehead atoms. The molecule has 9 nitrogen and oxygen atoms in total. The fraction of sp³-hybridized carbons (Fsp3) is 0.290. The molecule has 11 heteroatoms. The van der Waals surface area contributed by atoms with Crippen molar-refractivity contribution in [3.05, 3.63) is 89.3 Å². The molecule has 4 aromatic rings. The standard InChI is InChI=1S/C31H32ClFN6O3/c32-25-9-8-23(18-26(25)33)27-10-17-39(38-27)20-29(41)37-31(11-13-34-14-12-31)30(42)36-16-15-35-28(40)19-22-6-3-5-21-4-1-2-7-24(21)22/h1-10,17-18,34H,11-16,19-20H2,(H,35,40)(H,36,42)(H,37,41). The molecule has 1 aliphatic heterocycles. The number of fused-ring (bicyclic) bond motifs is 1. The van der Waals surface area contributed by atoms with E-state index in [0.29, 0.717) is 37.2 Å². The van der Waals surface area contributed by atoms with Crippen LogP contribution in [0.5, 0.6) is 0 Å². The molecule has 1 aromatic heterocycles. The fourth-order valence-corrected chi connectivity index (χ4v) is 5.32. The normalized spacial score (nSPS) is 14.3. The van der Waals surface area contributed by atoms with Gasteiger partial charge in [-0.1, -0.05) is 60.1 Å².